The van der Waals surface area contributed by atoms with Crippen molar-refractivity contribution >= 4 is 5.91 Å². The Bertz CT molecular complexity index is 783. The summed E-state index contributed by atoms with van der Waals surface area (Å²) in [5.74, 6) is 1.66. The lowest BCUT2D eigenvalue weighted by atomic mass is 10.1. The lowest BCUT2D eigenvalue weighted by molar-refractivity contribution is 0.0767. The number of methoxy groups -OCH3 is 3. The highest BCUT2D eigenvalue weighted by atomic mass is 16.5. The van der Waals surface area contributed by atoms with Gasteiger partial charge in [0.2, 0.25) is 0 Å². The Morgan fingerprint density at radius 1 is 1.08 bits per heavy atom. The number of likely N-dealkylation sites (tertiary alicyclic amines) is 1. The van der Waals surface area contributed by atoms with Gasteiger partial charge in [-0.25, -0.2) is 9.97 Å². The molecule has 1 aliphatic heterocycles. The van der Waals surface area contributed by atoms with E-state index in [0.29, 0.717) is 48.3 Å². The largest absolute Gasteiger partial charge is 0.497 e. The molecule has 0 N–H and O–H groups in total. The fraction of sp³-hybridized carbons (Fsp3) is 0.389. The Kier molecular flexibility index (Phi) is 5.40. The van der Waals surface area contributed by atoms with Crippen LogP contribution in [0.25, 0.3) is 0 Å². The molecule has 1 aromatic heterocycles. The van der Waals surface area contributed by atoms with Crippen molar-refractivity contribution in [1.29, 1.82) is 0 Å². The van der Waals surface area contributed by atoms with Gasteiger partial charge in [-0.05, 0) is 12.1 Å². The van der Waals surface area contributed by atoms with Gasteiger partial charge in [0.15, 0.2) is 0 Å². The summed E-state index contributed by atoms with van der Waals surface area (Å²) < 4.78 is 21.5. The van der Waals surface area contributed by atoms with Crippen LogP contribution in [0.15, 0.2) is 30.6 Å². The van der Waals surface area contributed by atoms with Crippen LogP contribution in [0, 0.1) is 0 Å². The molecule has 0 radical (unpaired) electrons. The molecule has 138 valence electrons. The first-order valence-electron chi connectivity index (χ1n) is 8.19. The molecule has 1 aromatic carbocycles. The fourth-order valence-electron chi connectivity index (χ4n) is 2.85. The minimum atomic E-state index is -0.172. The van der Waals surface area contributed by atoms with Gasteiger partial charge in [-0.2, -0.15) is 0 Å². The first kappa shape index (κ1) is 17.8. The quantitative estimate of drug-likeness (QED) is 0.777. The average molecular weight is 359 g/mol. The van der Waals surface area contributed by atoms with E-state index in [2.05, 4.69) is 9.97 Å². The minimum Gasteiger partial charge on any atom is -0.497 e. The predicted octanol–water partition coefficient (Wildman–Crippen LogP) is 1.80. The number of hydrogen-bond donors (Lipinski definition) is 0. The van der Waals surface area contributed by atoms with Gasteiger partial charge in [0, 0.05) is 31.4 Å². The summed E-state index contributed by atoms with van der Waals surface area (Å²) in [5.41, 5.74) is 0.492. The van der Waals surface area contributed by atoms with Crippen LogP contribution >= 0.6 is 0 Å². The summed E-state index contributed by atoms with van der Waals surface area (Å²) in [6.07, 6.45) is 3.60. The molecule has 1 aliphatic rings. The Morgan fingerprint density at radius 3 is 2.54 bits per heavy atom. The van der Waals surface area contributed by atoms with E-state index in [1.807, 2.05) is 0 Å². The second-order valence-corrected chi connectivity index (χ2v) is 5.72. The van der Waals surface area contributed by atoms with Gasteiger partial charge in [0.25, 0.3) is 17.7 Å². The summed E-state index contributed by atoms with van der Waals surface area (Å²) in [6, 6.07) is 5.14. The normalized spacial score (nSPS) is 16.3. The Hall–Kier alpha value is -3.03. The van der Waals surface area contributed by atoms with Gasteiger partial charge in [0.1, 0.15) is 17.6 Å². The number of amides is 1. The summed E-state index contributed by atoms with van der Waals surface area (Å²) >= 11 is 0. The molecular formula is C18H21N3O5. The molecule has 2 aromatic rings. The Labute approximate surface area is 151 Å². The minimum absolute atomic E-state index is 0.110. The van der Waals surface area contributed by atoms with E-state index in [0.717, 1.165) is 0 Å². The average Bonchev–Trinajstić information content (AvgIpc) is 3.15. The third kappa shape index (κ3) is 3.63. The van der Waals surface area contributed by atoms with Gasteiger partial charge in [0.05, 0.1) is 33.4 Å². The van der Waals surface area contributed by atoms with Crippen molar-refractivity contribution in [2.45, 2.75) is 12.5 Å². The van der Waals surface area contributed by atoms with Crippen molar-refractivity contribution in [2.24, 2.45) is 0 Å². The van der Waals surface area contributed by atoms with E-state index in [1.54, 1.807) is 30.2 Å². The van der Waals surface area contributed by atoms with Crippen LogP contribution in [0.4, 0.5) is 0 Å². The standard InChI is InChI=1S/C18H21N3O5/c1-23-12-4-5-14(15(10-12)24-2)18(22)21-9-6-13(11-21)26-17-16(25-3)19-7-8-20-17/h4-5,7-8,10,13H,6,9,11H2,1-3H3. The van der Waals surface area contributed by atoms with Crippen molar-refractivity contribution in [1.82, 2.24) is 14.9 Å². The summed E-state index contributed by atoms with van der Waals surface area (Å²) in [7, 11) is 4.61. The number of hydrogen-bond acceptors (Lipinski definition) is 7. The molecule has 2 heterocycles. The predicted molar refractivity (Wildman–Crippen MR) is 93.1 cm³/mol. The highest BCUT2D eigenvalue weighted by molar-refractivity contribution is 5.97. The van der Waals surface area contributed by atoms with Crippen molar-refractivity contribution in [3.8, 4) is 23.3 Å². The van der Waals surface area contributed by atoms with E-state index < -0.39 is 0 Å². The number of benzene rings is 1. The molecule has 3 rings (SSSR count). The molecule has 8 heteroatoms. The number of rotatable bonds is 6. The van der Waals surface area contributed by atoms with Crippen molar-refractivity contribution in [3.05, 3.63) is 36.2 Å². The molecule has 8 nitrogen and oxygen atoms in total. The SMILES string of the molecule is COc1ccc(C(=O)N2CCC(Oc3nccnc3OC)C2)c(OC)c1. The number of aromatic nitrogens is 2. The van der Waals surface area contributed by atoms with E-state index >= 15 is 0 Å². The molecule has 0 saturated carbocycles. The van der Waals surface area contributed by atoms with E-state index in [1.165, 1.54) is 26.6 Å². The van der Waals surface area contributed by atoms with E-state index in [-0.39, 0.29) is 12.0 Å². The van der Waals surface area contributed by atoms with Gasteiger partial charge < -0.3 is 23.8 Å². The maximum atomic E-state index is 12.8. The monoisotopic (exact) mass is 359 g/mol. The highest BCUT2D eigenvalue weighted by Crippen LogP contribution is 2.28. The molecule has 26 heavy (non-hydrogen) atoms. The van der Waals surface area contributed by atoms with Crippen molar-refractivity contribution in [3.63, 3.8) is 0 Å². The number of nitrogens with zero attached hydrogens (tertiary/aromatic N) is 3. The molecule has 1 amide bonds. The zero-order valence-corrected chi connectivity index (χ0v) is 15.0. The van der Waals surface area contributed by atoms with Gasteiger partial charge in [-0.1, -0.05) is 0 Å². The lowest BCUT2D eigenvalue weighted by Gasteiger charge is -2.19. The molecule has 1 unspecified atom stereocenters. The topological polar surface area (TPSA) is 83.0 Å². The molecule has 0 spiro atoms. The third-order valence-electron chi connectivity index (χ3n) is 4.18. The maximum Gasteiger partial charge on any atom is 0.278 e. The first-order chi connectivity index (χ1) is 12.7. The van der Waals surface area contributed by atoms with Crippen LogP contribution in [0.1, 0.15) is 16.8 Å². The summed E-state index contributed by atoms with van der Waals surface area (Å²) in [6.45, 7) is 1.04. The third-order valence-corrected chi connectivity index (χ3v) is 4.18. The number of carbonyl (C=O) groups excluding carboxylic acids is 1. The van der Waals surface area contributed by atoms with Crippen LogP contribution < -0.4 is 18.9 Å². The zero-order chi connectivity index (χ0) is 18.5. The molecule has 1 atom stereocenters. The molecule has 0 bridgehead atoms. The summed E-state index contributed by atoms with van der Waals surface area (Å²) in [5, 5.41) is 0. The second kappa shape index (κ2) is 7.90. The molecular weight excluding hydrogens is 338 g/mol. The van der Waals surface area contributed by atoms with Gasteiger partial charge >= 0.3 is 0 Å². The Balaban J connectivity index is 1.69. The first-order valence-corrected chi connectivity index (χ1v) is 8.19. The highest BCUT2D eigenvalue weighted by Gasteiger charge is 2.30. The molecule has 1 saturated heterocycles. The van der Waals surface area contributed by atoms with Crippen LogP contribution in [0.2, 0.25) is 0 Å². The fourth-order valence-corrected chi connectivity index (χ4v) is 2.85. The number of carbonyl (C=O) groups is 1. The Morgan fingerprint density at radius 2 is 1.85 bits per heavy atom. The van der Waals surface area contributed by atoms with Crippen molar-refractivity contribution < 1.29 is 23.7 Å². The van der Waals surface area contributed by atoms with Crippen LogP contribution in [0.5, 0.6) is 23.3 Å². The van der Waals surface area contributed by atoms with E-state index in [9.17, 15) is 4.79 Å². The van der Waals surface area contributed by atoms with Gasteiger partial charge in [-0.15, -0.1) is 0 Å². The van der Waals surface area contributed by atoms with Crippen LogP contribution in [0.3, 0.4) is 0 Å². The summed E-state index contributed by atoms with van der Waals surface area (Å²) in [4.78, 5) is 22.8. The number of ether oxygens (including phenoxy) is 4. The van der Waals surface area contributed by atoms with Gasteiger partial charge in [-0.3, -0.25) is 4.79 Å². The smallest absolute Gasteiger partial charge is 0.278 e. The van der Waals surface area contributed by atoms with Crippen LogP contribution in [-0.4, -0.2) is 61.3 Å². The lowest BCUT2D eigenvalue weighted by Crippen LogP contribution is -2.31. The van der Waals surface area contributed by atoms with E-state index in [4.69, 9.17) is 18.9 Å². The second-order valence-electron chi connectivity index (χ2n) is 5.72. The van der Waals surface area contributed by atoms with Crippen LogP contribution in [-0.2, 0) is 0 Å². The molecule has 1 fully saturated rings. The maximum absolute atomic E-state index is 12.8. The molecule has 0 aliphatic carbocycles. The zero-order valence-electron chi connectivity index (χ0n) is 15.0. The van der Waals surface area contributed by atoms with Crippen molar-refractivity contribution in [2.75, 3.05) is 34.4 Å².